The van der Waals surface area contributed by atoms with Gasteiger partial charge in [-0.3, -0.25) is 0 Å². The van der Waals surface area contributed by atoms with Crippen LogP contribution in [-0.2, 0) is 16.0 Å². The fourth-order valence-electron chi connectivity index (χ4n) is 2.03. The highest BCUT2D eigenvalue weighted by Crippen LogP contribution is 2.35. The van der Waals surface area contributed by atoms with Crippen LogP contribution in [0.1, 0.15) is 24.0 Å². The quantitative estimate of drug-likeness (QED) is 0.724. The van der Waals surface area contributed by atoms with E-state index < -0.39 is 0 Å². The monoisotopic (exact) mass is 270 g/mol. The van der Waals surface area contributed by atoms with E-state index in [2.05, 4.69) is 0 Å². The van der Waals surface area contributed by atoms with E-state index in [1.807, 2.05) is 12.1 Å². The fraction of sp³-hybridized carbons (Fsp3) is 0.308. The summed E-state index contributed by atoms with van der Waals surface area (Å²) in [4.78, 5) is 11.7. The molecule has 2 nitrogen and oxygen atoms in total. The molecule has 0 fully saturated rings. The van der Waals surface area contributed by atoms with E-state index in [0.29, 0.717) is 15.6 Å². The summed E-state index contributed by atoms with van der Waals surface area (Å²) in [7, 11) is 1.38. The van der Waals surface area contributed by atoms with Crippen LogP contribution in [-0.4, -0.2) is 13.1 Å². The second-order valence-corrected chi connectivity index (χ2v) is 4.67. The van der Waals surface area contributed by atoms with Crippen LogP contribution in [0.2, 0.25) is 10.0 Å². The van der Waals surface area contributed by atoms with Crippen molar-refractivity contribution in [1.82, 2.24) is 0 Å². The third-order valence-corrected chi connectivity index (χ3v) is 3.71. The Hall–Kier alpha value is -0.990. The summed E-state index contributed by atoms with van der Waals surface area (Å²) in [6.07, 6.45) is 4.52. The van der Waals surface area contributed by atoms with Gasteiger partial charge >= 0.3 is 5.97 Å². The average Bonchev–Trinajstić information content (AvgIpc) is 2.55. The predicted molar refractivity (Wildman–Crippen MR) is 69.4 cm³/mol. The lowest BCUT2D eigenvalue weighted by Gasteiger charge is -2.11. The lowest BCUT2D eigenvalue weighted by molar-refractivity contribution is -0.133. The molecule has 4 heteroatoms. The number of hydrogen-bond acceptors (Lipinski definition) is 2. The molecule has 17 heavy (non-hydrogen) atoms. The zero-order valence-electron chi connectivity index (χ0n) is 9.43. The van der Waals surface area contributed by atoms with Crippen molar-refractivity contribution in [2.45, 2.75) is 19.3 Å². The van der Waals surface area contributed by atoms with Crippen molar-refractivity contribution in [3.05, 3.63) is 39.4 Å². The lowest BCUT2D eigenvalue weighted by atomic mass is 9.99. The molecule has 0 heterocycles. The average molecular weight is 271 g/mol. The molecule has 90 valence electrons. The minimum Gasteiger partial charge on any atom is -0.465 e. The van der Waals surface area contributed by atoms with E-state index in [0.717, 1.165) is 30.4 Å². The number of ether oxygens (including phenoxy) is 1. The second kappa shape index (κ2) is 5.11. The molecule has 1 aromatic carbocycles. The van der Waals surface area contributed by atoms with Gasteiger partial charge in [0.25, 0.3) is 0 Å². The van der Waals surface area contributed by atoms with E-state index in [4.69, 9.17) is 27.9 Å². The third-order valence-electron chi connectivity index (χ3n) is 2.87. The highest BCUT2D eigenvalue weighted by atomic mass is 35.5. The fourth-order valence-corrected chi connectivity index (χ4v) is 2.46. The highest BCUT2D eigenvalue weighted by molar-refractivity contribution is 6.42. The summed E-state index contributed by atoms with van der Waals surface area (Å²) in [6.45, 7) is 0. The minimum atomic E-state index is -0.327. The minimum absolute atomic E-state index is 0.327. The van der Waals surface area contributed by atoms with Crippen molar-refractivity contribution in [1.29, 1.82) is 0 Å². The molecule has 1 aliphatic carbocycles. The van der Waals surface area contributed by atoms with Crippen LogP contribution in [0.3, 0.4) is 0 Å². The predicted octanol–water partition coefficient (Wildman–Crippen LogP) is 3.89. The molecule has 0 spiro atoms. The van der Waals surface area contributed by atoms with E-state index >= 15 is 0 Å². The summed E-state index contributed by atoms with van der Waals surface area (Å²) in [5.41, 5.74) is 2.36. The smallest absolute Gasteiger partial charge is 0.338 e. The summed E-state index contributed by atoms with van der Waals surface area (Å²) in [6, 6.07) is 3.54. The van der Waals surface area contributed by atoms with Crippen LogP contribution in [0.25, 0.3) is 5.57 Å². The summed E-state index contributed by atoms with van der Waals surface area (Å²) in [5, 5.41) is 1.07. The molecule has 0 aromatic heterocycles. The number of fused-ring (bicyclic) bond motifs is 1. The molecule has 0 amide bonds. The number of halogens is 2. The maximum Gasteiger partial charge on any atom is 0.338 e. The highest BCUT2D eigenvalue weighted by Gasteiger charge is 2.20. The van der Waals surface area contributed by atoms with Gasteiger partial charge in [0.15, 0.2) is 0 Å². The third kappa shape index (κ3) is 2.33. The number of methoxy groups -OCH3 is 1. The Morgan fingerprint density at radius 3 is 2.82 bits per heavy atom. The summed E-state index contributed by atoms with van der Waals surface area (Å²) < 4.78 is 4.79. The first-order valence-corrected chi connectivity index (χ1v) is 6.16. The number of rotatable bonds is 1. The Bertz CT molecular complexity index is 492. The molecule has 0 aliphatic heterocycles. The van der Waals surface area contributed by atoms with Crippen molar-refractivity contribution in [3.63, 3.8) is 0 Å². The maximum absolute atomic E-state index is 11.7. The van der Waals surface area contributed by atoms with Gasteiger partial charge in [-0.1, -0.05) is 35.3 Å². The topological polar surface area (TPSA) is 26.3 Å². The number of allylic oxidation sites excluding steroid dienone is 1. The molecule has 1 aliphatic rings. The lowest BCUT2D eigenvalue weighted by Crippen LogP contribution is -2.05. The van der Waals surface area contributed by atoms with Gasteiger partial charge in [-0.25, -0.2) is 4.79 Å². The van der Waals surface area contributed by atoms with Gasteiger partial charge < -0.3 is 4.74 Å². The van der Waals surface area contributed by atoms with E-state index in [1.54, 1.807) is 6.07 Å². The molecule has 0 radical (unpaired) electrons. The molecule has 0 saturated heterocycles. The second-order valence-electron chi connectivity index (χ2n) is 3.89. The Labute approximate surface area is 110 Å². The molecule has 2 rings (SSSR count). The van der Waals surface area contributed by atoms with E-state index in [1.165, 1.54) is 7.11 Å². The standard InChI is InChI=1S/C13H12Cl2O2/c1-17-13(16)10-5-3-2-4-9-8(10)6-7-11(14)12(9)15/h5-7H,2-4H2,1H3. The van der Waals surface area contributed by atoms with Gasteiger partial charge in [0.1, 0.15) is 0 Å². The van der Waals surface area contributed by atoms with E-state index in [9.17, 15) is 4.79 Å². The normalized spacial score (nSPS) is 14.6. The molecule has 0 saturated carbocycles. The SMILES string of the molecule is COC(=O)C1=CCCCc2c1ccc(Cl)c2Cl. The largest absolute Gasteiger partial charge is 0.465 e. The molecule has 0 atom stereocenters. The number of carbonyl (C=O) groups excluding carboxylic acids is 1. The first-order chi connectivity index (χ1) is 8.15. The van der Waals surface area contributed by atoms with Crippen molar-refractivity contribution >= 4 is 34.7 Å². The summed E-state index contributed by atoms with van der Waals surface area (Å²) >= 11 is 12.2. The van der Waals surface area contributed by atoms with Crippen LogP contribution in [0, 0.1) is 0 Å². The van der Waals surface area contributed by atoms with Crippen molar-refractivity contribution in [2.75, 3.05) is 7.11 Å². The Morgan fingerprint density at radius 1 is 1.35 bits per heavy atom. The molecular formula is C13H12Cl2O2. The van der Waals surface area contributed by atoms with Gasteiger partial charge in [-0.15, -0.1) is 0 Å². The molecule has 0 N–H and O–H groups in total. The van der Waals surface area contributed by atoms with Crippen molar-refractivity contribution < 1.29 is 9.53 Å². The Morgan fingerprint density at radius 2 is 2.12 bits per heavy atom. The molecule has 0 unspecified atom stereocenters. The number of hydrogen-bond donors (Lipinski definition) is 0. The first-order valence-electron chi connectivity index (χ1n) is 5.41. The van der Waals surface area contributed by atoms with Gasteiger partial charge in [-0.05, 0) is 36.5 Å². The zero-order valence-corrected chi connectivity index (χ0v) is 10.9. The maximum atomic E-state index is 11.7. The van der Waals surface area contributed by atoms with Gasteiger partial charge in [0.2, 0.25) is 0 Å². The van der Waals surface area contributed by atoms with Crippen LogP contribution in [0.15, 0.2) is 18.2 Å². The molecule has 1 aromatic rings. The van der Waals surface area contributed by atoms with Crippen molar-refractivity contribution in [3.8, 4) is 0 Å². The number of benzene rings is 1. The Balaban J connectivity index is 2.58. The number of esters is 1. The summed E-state index contributed by atoms with van der Waals surface area (Å²) in [5.74, 6) is -0.327. The number of carbonyl (C=O) groups is 1. The van der Waals surface area contributed by atoms with Crippen LogP contribution in [0.5, 0.6) is 0 Å². The van der Waals surface area contributed by atoms with Gasteiger partial charge in [0.05, 0.1) is 22.7 Å². The zero-order chi connectivity index (χ0) is 12.4. The molecule has 0 bridgehead atoms. The Kier molecular flexibility index (Phi) is 3.75. The van der Waals surface area contributed by atoms with Crippen LogP contribution < -0.4 is 0 Å². The first kappa shape index (κ1) is 12.5. The van der Waals surface area contributed by atoms with Crippen LogP contribution >= 0.6 is 23.2 Å². The molecular weight excluding hydrogens is 259 g/mol. The van der Waals surface area contributed by atoms with Crippen LogP contribution in [0.4, 0.5) is 0 Å². The van der Waals surface area contributed by atoms with Crippen molar-refractivity contribution in [2.24, 2.45) is 0 Å². The van der Waals surface area contributed by atoms with Gasteiger partial charge in [0, 0.05) is 0 Å². The van der Waals surface area contributed by atoms with Gasteiger partial charge in [-0.2, -0.15) is 0 Å². The van der Waals surface area contributed by atoms with E-state index in [-0.39, 0.29) is 5.97 Å².